The Labute approximate surface area is 112 Å². The van der Waals surface area contributed by atoms with E-state index in [0.29, 0.717) is 17.4 Å². The summed E-state index contributed by atoms with van der Waals surface area (Å²) in [6.45, 7) is 0.718. The van der Waals surface area contributed by atoms with E-state index in [4.69, 9.17) is 4.74 Å². The molecule has 19 heavy (non-hydrogen) atoms. The van der Waals surface area contributed by atoms with Crippen molar-refractivity contribution in [2.75, 3.05) is 6.61 Å². The Morgan fingerprint density at radius 1 is 1.26 bits per heavy atom. The van der Waals surface area contributed by atoms with Crippen LogP contribution in [0.5, 0.6) is 5.88 Å². The highest BCUT2D eigenvalue weighted by Gasteiger charge is 2.16. The van der Waals surface area contributed by atoms with Crippen molar-refractivity contribution in [1.82, 2.24) is 4.98 Å². The smallest absolute Gasteiger partial charge is 0.215 e. The molecule has 0 radical (unpaired) electrons. The zero-order chi connectivity index (χ0) is 13.1. The van der Waals surface area contributed by atoms with E-state index < -0.39 is 0 Å². The molecule has 0 atom stereocenters. The summed E-state index contributed by atoms with van der Waals surface area (Å²) in [5.74, 6) is 1.22. The quantitative estimate of drug-likeness (QED) is 0.837. The first-order valence-electron chi connectivity index (χ1n) is 6.79. The number of aromatic nitrogens is 1. The molecule has 3 nitrogen and oxygen atoms in total. The summed E-state index contributed by atoms with van der Waals surface area (Å²) in [6.07, 6.45) is 5.11. The number of hydrogen-bond donors (Lipinski definition) is 0. The maximum Gasteiger partial charge on any atom is 0.215 e. The molecule has 1 aromatic heterocycles. The molecular weight excluding hydrogens is 236 g/mol. The number of nitriles is 1. The standard InChI is InChI=1S/C16H16N2O/c17-10-13-9-16(19-11-12-5-1-2-6-12)18-15-8-4-3-7-14(13)15/h3-4,7-9,12H,1-2,5-6,11H2. The summed E-state index contributed by atoms with van der Waals surface area (Å²) < 4.78 is 5.78. The molecule has 0 amide bonds. The molecule has 0 saturated heterocycles. The lowest BCUT2D eigenvalue weighted by molar-refractivity contribution is 0.244. The molecule has 0 N–H and O–H groups in total. The van der Waals surface area contributed by atoms with Gasteiger partial charge in [0.15, 0.2) is 0 Å². The fraction of sp³-hybridized carbons (Fsp3) is 0.375. The van der Waals surface area contributed by atoms with Crippen LogP contribution in [0.25, 0.3) is 10.9 Å². The van der Waals surface area contributed by atoms with E-state index in [9.17, 15) is 5.26 Å². The lowest BCUT2D eigenvalue weighted by Gasteiger charge is -2.11. The molecule has 1 fully saturated rings. The number of benzene rings is 1. The third-order valence-corrected chi connectivity index (χ3v) is 3.75. The molecule has 1 saturated carbocycles. The zero-order valence-corrected chi connectivity index (χ0v) is 10.8. The van der Waals surface area contributed by atoms with E-state index in [2.05, 4.69) is 11.1 Å². The summed E-state index contributed by atoms with van der Waals surface area (Å²) in [4.78, 5) is 4.47. The predicted molar refractivity (Wildman–Crippen MR) is 73.9 cm³/mol. The summed E-state index contributed by atoms with van der Waals surface area (Å²) in [5, 5.41) is 10.1. The van der Waals surface area contributed by atoms with Gasteiger partial charge in [-0.25, -0.2) is 4.98 Å². The van der Waals surface area contributed by atoms with Crippen LogP contribution in [0.1, 0.15) is 31.2 Å². The highest BCUT2D eigenvalue weighted by molar-refractivity contribution is 5.85. The minimum absolute atomic E-state index is 0.571. The van der Waals surface area contributed by atoms with Crippen LogP contribution in [-0.4, -0.2) is 11.6 Å². The van der Waals surface area contributed by atoms with Crippen molar-refractivity contribution in [2.24, 2.45) is 5.92 Å². The molecule has 0 aliphatic heterocycles. The SMILES string of the molecule is N#Cc1cc(OCC2CCCC2)nc2ccccc12. The third kappa shape index (κ3) is 2.53. The Morgan fingerprint density at radius 2 is 2.05 bits per heavy atom. The summed E-state index contributed by atoms with van der Waals surface area (Å²) in [5.41, 5.74) is 1.45. The Kier molecular flexibility index (Phi) is 3.33. The van der Waals surface area contributed by atoms with E-state index >= 15 is 0 Å². The first kappa shape index (κ1) is 12.0. The molecule has 3 rings (SSSR count). The van der Waals surface area contributed by atoms with Gasteiger partial charge >= 0.3 is 0 Å². The van der Waals surface area contributed by atoms with E-state index in [-0.39, 0.29) is 0 Å². The number of hydrogen-bond acceptors (Lipinski definition) is 3. The number of fused-ring (bicyclic) bond motifs is 1. The van der Waals surface area contributed by atoms with E-state index in [1.807, 2.05) is 24.3 Å². The average molecular weight is 252 g/mol. The Bertz CT molecular complexity index is 624. The van der Waals surface area contributed by atoms with Crippen LogP contribution >= 0.6 is 0 Å². The van der Waals surface area contributed by atoms with Crippen molar-refractivity contribution >= 4 is 10.9 Å². The number of nitrogens with zero attached hydrogens (tertiary/aromatic N) is 2. The predicted octanol–water partition coefficient (Wildman–Crippen LogP) is 3.68. The lowest BCUT2D eigenvalue weighted by Crippen LogP contribution is -2.09. The maximum absolute atomic E-state index is 9.21. The minimum atomic E-state index is 0.571. The van der Waals surface area contributed by atoms with Crippen molar-refractivity contribution < 1.29 is 4.74 Å². The second kappa shape index (κ2) is 5.27. The van der Waals surface area contributed by atoms with Crippen molar-refractivity contribution in [3.8, 4) is 11.9 Å². The Hall–Kier alpha value is -2.08. The lowest BCUT2D eigenvalue weighted by atomic mass is 10.1. The van der Waals surface area contributed by atoms with Crippen molar-refractivity contribution in [1.29, 1.82) is 5.26 Å². The Morgan fingerprint density at radius 3 is 2.84 bits per heavy atom. The number of pyridine rings is 1. The van der Waals surface area contributed by atoms with Gasteiger partial charge in [-0.05, 0) is 24.8 Å². The molecule has 0 unspecified atom stereocenters. The molecule has 1 heterocycles. The highest BCUT2D eigenvalue weighted by Crippen LogP contribution is 2.26. The third-order valence-electron chi connectivity index (χ3n) is 3.75. The summed E-state index contributed by atoms with van der Waals surface area (Å²) in [6, 6.07) is 11.6. The van der Waals surface area contributed by atoms with Crippen LogP contribution in [-0.2, 0) is 0 Å². The van der Waals surface area contributed by atoms with Crippen molar-refractivity contribution in [3.05, 3.63) is 35.9 Å². The largest absolute Gasteiger partial charge is 0.477 e. The molecule has 1 aliphatic rings. The first-order valence-corrected chi connectivity index (χ1v) is 6.79. The van der Waals surface area contributed by atoms with Crippen molar-refractivity contribution in [3.63, 3.8) is 0 Å². The van der Waals surface area contributed by atoms with Gasteiger partial charge in [0.2, 0.25) is 5.88 Å². The minimum Gasteiger partial charge on any atom is -0.477 e. The fourth-order valence-electron chi connectivity index (χ4n) is 2.70. The van der Waals surface area contributed by atoms with E-state index in [1.54, 1.807) is 6.07 Å². The molecule has 0 bridgehead atoms. The first-order chi connectivity index (χ1) is 9.36. The zero-order valence-electron chi connectivity index (χ0n) is 10.8. The molecule has 3 heteroatoms. The average Bonchev–Trinajstić information content (AvgIpc) is 2.97. The van der Waals surface area contributed by atoms with Crippen LogP contribution in [0.4, 0.5) is 0 Å². The molecule has 0 spiro atoms. The van der Waals surface area contributed by atoms with Crippen LogP contribution in [0.3, 0.4) is 0 Å². The van der Waals surface area contributed by atoms with Crippen LogP contribution in [0.15, 0.2) is 30.3 Å². The van der Waals surface area contributed by atoms with Gasteiger partial charge in [0, 0.05) is 11.5 Å². The van der Waals surface area contributed by atoms with Crippen LogP contribution < -0.4 is 4.74 Å². The van der Waals surface area contributed by atoms with E-state index in [1.165, 1.54) is 25.7 Å². The summed E-state index contributed by atoms with van der Waals surface area (Å²) >= 11 is 0. The summed E-state index contributed by atoms with van der Waals surface area (Å²) in [7, 11) is 0. The second-order valence-corrected chi connectivity index (χ2v) is 5.10. The van der Waals surface area contributed by atoms with Gasteiger partial charge in [-0.2, -0.15) is 5.26 Å². The van der Waals surface area contributed by atoms with Crippen LogP contribution in [0.2, 0.25) is 0 Å². The van der Waals surface area contributed by atoms with E-state index in [0.717, 1.165) is 17.5 Å². The normalized spacial score (nSPS) is 15.5. The van der Waals surface area contributed by atoms with Gasteiger partial charge in [0.1, 0.15) is 6.07 Å². The topological polar surface area (TPSA) is 45.9 Å². The molecule has 96 valence electrons. The molecule has 2 aromatic rings. The van der Waals surface area contributed by atoms with Gasteiger partial charge < -0.3 is 4.74 Å². The van der Waals surface area contributed by atoms with Gasteiger partial charge in [-0.3, -0.25) is 0 Å². The number of rotatable bonds is 3. The van der Waals surface area contributed by atoms with Gasteiger partial charge in [0.05, 0.1) is 17.7 Å². The highest BCUT2D eigenvalue weighted by atomic mass is 16.5. The van der Waals surface area contributed by atoms with Crippen LogP contribution in [0, 0.1) is 17.2 Å². The number of ether oxygens (including phenoxy) is 1. The second-order valence-electron chi connectivity index (χ2n) is 5.10. The molecule has 1 aliphatic carbocycles. The van der Waals surface area contributed by atoms with Gasteiger partial charge in [0.25, 0.3) is 0 Å². The Balaban J connectivity index is 1.85. The number of para-hydroxylation sites is 1. The van der Waals surface area contributed by atoms with Crippen molar-refractivity contribution in [2.45, 2.75) is 25.7 Å². The molecular formula is C16H16N2O. The van der Waals surface area contributed by atoms with Gasteiger partial charge in [-0.1, -0.05) is 31.0 Å². The monoisotopic (exact) mass is 252 g/mol. The maximum atomic E-state index is 9.21. The molecule has 1 aromatic carbocycles. The van der Waals surface area contributed by atoms with Gasteiger partial charge in [-0.15, -0.1) is 0 Å². The fourth-order valence-corrected chi connectivity index (χ4v) is 2.70.